The molecule has 0 amide bonds. The van der Waals surface area contributed by atoms with Crippen molar-refractivity contribution in [3.05, 3.63) is 24.3 Å². The Hall–Kier alpha value is -0.710. The van der Waals surface area contributed by atoms with Crippen LogP contribution in [-0.2, 0) is 20.0 Å². The van der Waals surface area contributed by atoms with Gasteiger partial charge in [-0.05, 0) is 50.6 Å². The lowest BCUT2D eigenvalue weighted by molar-refractivity contribution is 0.263. The monoisotopic (exact) mass is 411 g/mol. The molecule has 0 bridgehead atoms. The molecule has 10 heteroatoms. The van der Waals surface area contributed by atoms with E-state index in [-0.39, 0.29) is 28.1 Å². The number of hydrogen-bond donors (Lipinski definition) is 1. The second-order valence-corrected chi connectivity index (χ2v) is 10.3. The molecule has 1 unspecified atom stereocenters. The van der Waals surface area contributed by atoms with Gasteiger partial charge in [0.2, 0.25) is 20.0 Å². The molecule has 144 valence electrons. The van der Waals surface area contributed by atoms with Crippen molar-refractivity contribution in [2.24, 2.45) is 5.92 Å². The minimum Gasteiger partial charge on any atom is -0.319 e. The molecule has 1 aromatic carbocycles. The van der Waals surface area contributed by atoms with Gasteiger partial charge >= 0.3 is 0 Å². The highest BCUT2D eigenvalue weighted by Crippen LogP contribution is 2.25. The first-order chi connectivity index (χ1) is 11.2. The lowest BCUT2D eigenvalue weighted by Crippen LogP contribution is -2.42. The molecule has 1 fully saturated rings. The Bertz CT molecular complexity index is 780. The number of benzene rings is 1. The predicted octanol–water partition coefficient (Wildman–Crippen LogP) is 0.979. The maximum atomic E-state index is 12.9. The van der Waals surface area contributed by atoms with E-state index >= 15 is 0 Å². The van der Waals surface area contributed by atoms with Crippen LogP contribution in [0.25, 0.3) is 0 Å². The number of nitrogens with one attached hydrogen (secondary N) is 1. The topological polar surface area (TPSA) is 86.8 Å². The molecule has 7 nitrogen and oxygen atoms in total. The molecule has 0 saturated carbocycles. The molecule has 1 saturated heterocycles. The summed E-state index contributed by atoms with van der Waals surface area (Å²) in [6.07, 6.45) is 1.79. The van der Waals surface area contributed by atoms with Gasteiger partial charge in [-0.25, -0.2) is 21.1 Å². The largest absolute Gasteiger partial charge is 0.319 e. The molecule has 2 rings (SSSR count). The Labute approximate surface area is 156 Å². The quantitative estimate of drug-likeness (QED) is 0.753. The van der Waals surface area contributed by atoms with Gasteiger partial charge in [0.05, 0.1) is 9.79 Å². The van der Waals surface area contributed by atoms with Crippen molar-refractivity contribution in [2.45, 2.75) is 22.6 Å². The van der Waals surface area contributed by atoms with Crippen LogP contribution in [0.4, 0.5) is 0 Å². The lowest BCUT2D eigenvalue weighted by Gasteiger charge is -2.32. The first kappa shape index (κ1) is 22.3. The first-order valence-corrected chi connectivity index (χ1v) is 10.7. The average Bonchev–Trinajstić information content (AvgIpc) is 2.55. The zero-order chi connectivity index (χ0) is 18.0. The minimum absolute atomic E-state index is 0. The van der Waals surface area contributed by atoms with E-state index in [1.807, 2.05) is 7.05 Å². The molecular weight excluding hydrogens is 386 g/mol. The Morgan fingerprint density at radius 3 is 2.44 bits per heavy atom. The van der Waals surface area contributed by atoms with Gasteiger partial charge in [0, 0.05) is 27.2 Å². The van der Waals surface area contributed by atoms with Crippen LogP contribution in [0.3, 0.4) is 0 Å². The van der Waals surface area contributed by atoms with Gasteiger partial charge in [-0.2, -0.15) is 4.31 Å². The second-order valence-electron chi connectivity index (χ2n) is 6.19. The smallest absolute Gasteiger partial charge is 0.243 e. The molecule has 0 radical (unpaired) electrons. The van der Waals surface area contributed by atoms with Crippen molar-refractivity contribution in [2.75, 3.05) is 40.8 Å². The summed E-state index contributed by atoms with van der Waals surface area (Å²) < 4.78 is 52.8. The molecule has 1 aromatic rings. The maximum Gasteiger partial charge on any atom is 0.243 e. The third kappa shape index (κ3) is 4.93. The number of nitrogens with zero attached hydrogens (tertiary/aromatic N) is 2. The Kier molecular flexibility index (Phi) is 7.85. The van der Waals surface area contributed by atoms with E-state index in [1.165, 1.54) is 42.7 Å². The summed E-state index contributed by atoms with van der Waals surface area (Å²) in [6.45, 7) is 1.68. The number of halogens is 1. The van der Waals surface area contributed by atoms with Crippen LogP contribution in [0.5, 0.6) is 0 Å². The fourth-order valence-electron chi connectivity index (χ4n) is 2.86. The predicted molar refractivity (Wildman–Crippen MR) is 100.0 cm³/mol. The fourth-order valence-corrected chi connectivity index (χ4v) is 5.48. The van der Waals surface area contributed by atoms with Crippen molar-refractivity contribution in [3.8, 4) is 0 Å². The van der Waals surface area contributed by atoms with E-state index in [2.05, 4.69) is 5.32 Å². The zero-order valence-electron chi connectivity index (χ0n) is 14.7. The van der Waals surface area contributed by atoms with Crippen LogP contribution in [-0.4, -0.2) is 66.2 Å². The third-order valence-corrected chi connectivity index (χ3v) is 7.87. The summed E-state index contributed by atoms with van der Waals surface area (Å²) in [5.74, 6) is 0.271. The van der Waals surface area contributed by atoms with Gasteiger partial charge in [-0.15, -0.1) is 12.4 Å². The van der Waals surface area contributed by atoms with Gasteiger partial charge in [0.25, 0.3) is 0 Å². The van der Waals surface area contributed by atoms with E-state index in [9.17, 15) is 16.8 Å². The van der Waals surface area contributed by atoms with E-state index in [1.54, 1.807) is 0 Å². The van der Waals surface area contributed by atoms with E-state index in [4.69, 9.17) is 0 Å². The van der Waals surface area contributed by atoms with Crippen molar-refractivity contribution >= 4 is 32.5 Å². The highest BCUT2D eigenvalue weighted by Gasteiger charge is 2.31. The summed E-state index contributed by atoms with van der Waals surface area (Å²) >= 11 is 0. The average molecular weight is 412 g/mol. The summed E-state index contributed by atoms with van der Waals surface area (Å²) in [7, 11) is -2.68. The van der Waals surface area contributed by atoms with Crippen molar-refractivity contribution in [1.82, 2.24) is 13.9 Å². The lowest BCUT2D eigenvalue weighted by atomic mass is 10.00. The van der Waals surface area contributed by atoms with Crippen LogP contribution < -0.4 is 5.32 Å². The molecule has 1 N–H and O–H groups in total. The molecule has 1 aliphatic heterocycles. The number of piperidine rings is 1. The second kappa shape index (κ2) is 8.79. The standard InChI is InChI=1S/C15H25N3O4S2.ClH/c1-16-11-13-6-5-9-18(12-13)24(21,22)15-8-4-7-14(10-15)23(19,20)17(2)3;/h4,7-8,10,13,16H,5-6,9,11-12H2,1-3H3;1H. The van der Waals surface area contributed by atoms with Gasteiger partial charge in [0.15, 0.2) is 0 Å². The van der Waals surface area contributed by atoms with Crippen molar-refractivity contribution in [3.63, 3.8) is 0 Å². The van der Waals surface area contributed by atoms with Crippen LogP contribution in [0.2, 0.25) is 0 Å². The van der Waals surface area contributed by atoms with E-state index < -0.39 is 20.0 Å². The summed E-state index contributed by atoms with van der Waals surface area (Å²) in [4.78, 5) is 0.00731. The molecule has 0 spiro atoms. The van der Waals surface area contributed by atoms with Crippen LogP contribution in [0.1, 0.15) is 12.8 Å². The molecule has 1 atom stereocenters. The Balaban J connectivity index is 0.00000312. The van der Waals surface area contributed by atoms with Gasteiger partial charge in [-0.3, -0.25) is 0 Å². The molecular formula is C15H26ClN3O4S2. The molecule has 0 aliphatic carbocycles. The normalized spacial score (nSPS) is 19.6. The molecule has 1 aliphatic rings. The number of hydrogen-bond acceptors (Lipinski definition) is 5. The molecule has 0 aromatic heterocycles. The van der Waals surface area contributed by atoms with Crippen molar-refractivity contribution in [1.29, 1.82) is 0 Å². The number of rotatable bonds is 6. The number of sulfonamides is 2. The minimum atomic E-state index is -3.70. The van der Waals surface area contributed by atoms with Crippen LogP contribution in [0.15, 0.2) is 34.1 Å². The van der Waals surface area contributed by atoms with Crippen LogP contribution in [0, 0.1) is 5.92 Å². The van der Waals surface area contributed by atoms with Crippen LogP contribution >= 0.6 is 12.4 Å². The van der Waals surface area contributed by atoms with Gasteiger partial charge < -0.3 is 5.32 Å². The highest BCUT2D eigenvalue weighted by atomic mass is 35.5. The van der Waals surface area contributed by atoms with Crippen molar-refractivity contribution < 1.29 is 16.8 Å². The highest BCUT2D eigenvalue weighted by molar-refractivity contribution is 7.90. The van der Waals surface area contributed by atoms with E-state index in [0.29, 0.717) is 13.1 Å². The Morgan fingerprint density at radius 2 is 1.84 bits per heavy atom. The van der Waals surface area contributed by atoms with Gasteiger partial charge in [-0.1, -0.05) is 6.07 Å². The van der Waals surface area contributed by atoms with E-state index in [0.717, 1.165) is 23.7 Å². The van der Waals surface area contributed by atoms with Gasteiger partial charge in [0.1, 0.15) is 0 Å². The fraction of sp³-hybridized carbons (Fsp3) is 0.600. The zero-order valence-corrected chi connectivity index (χ0v) is 17.1. The SMILES string of the molecule is CNCC1CCCN(S(=O)(=O)c2cccc(S(=O)(=O)N(C)C)c2)C1.Cl. The summed E-state index contributed by atoms with van der Waals surface area (Å²) in [5, 5.41) is 3.08. The molecule has 25 heavy (non-hydrogen) atoms. The Morgan fingerprint density at radius 1 is 1.20 bits per heavy atom. The molecule has 1 heterocycles. The maximum absolute atomic E-state index is 12.9. The summed E-state index contributed by atoms with van der Waals surface area (Å²) in [5.41, 5.74) is 0. The summed E-state index contributed by atoms with van der Waals surface area (Å²) in [6, 6.07) is 5.57. The third-order valence-electron chi connectivity index (χ3n) is 4.20. The first-order valence-electron chi connectivity index (χ1n) is 7.87.